The second-order valence-corrected chi connectivity index (χ2v) is 5.43. The maximum atomic E-state index is 11.5. The zero-order valence-electron chi connectivity index (χ0n) is 8.56. The van der Waals surface area contributed by atoms with Gasteiger partial charge < -0.3 is 4.98 Å². The number of imidazole rings is 1. The van der Waals surface area contributed by atoms with E-state index in [0.717, 1.165) is 6.26 Å². The molecule has 6 heteroatoms. The third-order valence-electron chi connectivity index (χ3n) is 2.17. The molecule has 1 aromatic carbocycles. The number of rotatable bonds is 2. The van der Waals surface area contributed by atoms with Crippen LogP contribution in [0.15, 0.2) is 23.1 Å². The van der Waals surface area contributed by atoms with E-state index in [2.05, 4.69) is 9.97 Å². The fraction of sp³-hybridized carbons (Fsp3) is 0.200. The molecule has 1 aromatic heterocycles. The molecule has 2 rings (SSSR count). The zero-order chi connectivity index (χ0) is 11.8. The van der Waals surface area contributed by atoms with E-state index in [-0.39, 0.29) is 11.3 Å². The predicted octanol–water partition coefficient (Wildman–Crippen LogP) is 1.03. The number of para-hydroxylation sites is 1. The highest BCUT2D eigenvalue weighted by Crippen LogP contribution is 2.20. The van der Waals surface area contributed by atoms with Gasteiger partial charge in [0.25, 0.3) is 0 Å². The fourth-order valence-electron chi connectivity index (χ4n) is 1.51. The van der Waals surface area contributed by atoms with Crippen LogP contribution in [0.5, 0.6) is 0 Å². The van der Waals surface area contributed by atoms with E-state index < -0.39 is 9.84 Å². The topological polar surface area (TPSA) is 86.6 Å². The number of nitrogens with one attached hydrogen (secondary N) is 1. The van der Waals surface area contributed by atoms with Gasteiger partial charge in [0.2, 0.25) is 0 Å². The van der Waals surface area contributed by atoms with Crippen molar-refractivity contribution in [2.45, 2.75) is 11.3 Å². The maximum Gasteiger partial charge on any atom is 0.177 e. The van der Waals surface area contributed by atoms with Gasteiger partial charge in [-0.15, -0.1) is 0 Å². The summed E-state index contributed by atoms with van der Waals surface area (Å²) in [6, 6.07) is 6.85. The molecule has 0 atom stereocenters. The number of H-pyrrole nitrogens is 1. The second kappa shape index (κ2) is 3.61. The van der Waals surface area contributed by atoms with Crippen molar-refractivity contribution in [2.75, 3.05) is 6.26 Å². The van der Waals surface area contributed by atoms with Gasteiger partial charge in [0, 0.05) is 6.26 Å². The van der Waals surface area contributed by atoms with Crippen molar-refractivity contribution in [3.05, 3.63) is 24.0 Å². The highest BCUT2D eigenvalue weighted by atomic mass is 32.2. The average molecular weight is 235 g/mol. The third-order valence-corrected chi connectivity index (χ3v) is 3.30. The van der Waals surface area contributed by atoms with Crippen LogP contribution in [-0.4, -0.2) is 24.6 Å². The lowest BCUT2D eigenvalue weighted by Gasteiger charge is -1.97. The van der Waals surface area contributed by atoms with Crippen molar-refractivity contribution in [1.82, 2.24) is 9.97 Å². The van der Waals surface area contributed by atoms with E-state index in [1.165, 1.54) is 6.07 Å². The molecule has 0 aliphatic rings. The number of aromatic nitrogens is 2. The van der Waals surface area contributed by atoms with Crippen molar-refractivity contribution < 1.29 is 8.42 Å². The molecule has 82 valence electrons. The maximum absolute atomic E-state index is 11.5. The molecule has 0 aliphatic heterocycles. The van der Waals surface area contributed by atoms with Gasteiger partial charge in [-0.25, -0.2) is 13.4 Å². The summed E-state index contributed by atoms with van der Waals surface area (Å²) in [7, 11) is -3.30. The molecule has 0 spiro atoms. The quantitative estimate of drug-likeness (QED) is 0.842. The Morgan fingerprint density at radius 2 is 2.25 bits per heavy atom. The lowest BCUT2D eigenvalue weighted by atomic mass is 10.3. The van der Waals surface area contributed by atoms with Crippen LogP contribution in [0.1, 0.15) is 5.82 Å². The minimum atomic E-state index is -3.30. The molecule has 0 fully saturated rings. The van der Waals surface area contributed by atoms with E-state index in [0.29, 0.717) is 16.9 Å². The average Bonchev–Trinajstić information content (AvgIpc) is 2.58. The van der Waals surface area contributed by atoms with E-state index in [9.17, 15) is 8.42 Å². The molecule has 5 nitrogen and oxygen atoms in total. The van der Waals surface area contributed by atoms with Crippen LogP contribution in [0, 0.1) is 11.3 Å². The van der Waals surface area contributed by atoms with Crippen molar-refractivity contribution >= 4 is 20.9 Å². The molecule has 1 N–H and O–H groups in total. The normalized spacial score (nSPS) is 11.5. The summed E-state index contributed by atoms with van der Waals surface area (Å²) in [5, 5.41) is 8.55. The summed E-state index contributed by atoms with van der Waals surface area (Å²) in [6.07, 6.45) is 1.28. The summed E-state index contributed by atoms with van der Waals surface area (Å²) in [5.41, 5.74) is 1.03. The second-order valence-electron chi connectivity index (χ2n) is 3.44. The Kier molecular flexibility index (Phi) is 2.40. The fourth-order valence-corrected chi connectivity index (χ4v) is 2.35. The van der Waals surface area contributed by atoms with Gasteiger partial charge in [0.15, 0.2) is 9.84 Å². The summed E-state index contributed by atoms with van der Waals surface area (Å²) < 4.78 is 23.0. The molecule has 0 unspecified atom stereocenters. The van der Waals surface area contributed by atoms with E-state index in [1.807, 2.05) is 6.07 Å². The summed E-state index contributed by atoms with van der Waals surface area (Å²) in [4.78, 5) is 7.21. The van der Waals surface area contributed by atoms with Gasteiger partial charge in [-0.05, 0) is 12.1 Å². The highest BCUT2D eigenvalue weighted by Gasteiger charge is 2.14. The number of aromatic amines is 1. The number of benzene rings is 1. The Hall–Kier alpha value is -1.87. The largest absolute Gasteiger partial charge is 0.341 e. The molecule has 0 radical (unpaired) electrons. The highest BCUT2D eigenvalue weighted by molar-refractivity contribution is 7.91. The number of nitrogens with zero attached hydrogens (tertiary/aromatic N) is 2. The minimum Gasteiger partial charge on any atom is -0.341 e. The van der Waals surface area contributed by atoms with E-state index >= 15 is 0 Å². The molecule has 16 heavy (non-hydrogen) atoms. The standard InChI is InChI=1S/C10H9N3O2S/c1-16(14,15)8-4-2-3-7-10(8)13-9(12-7)5-6-11/h2-4H,5H2,1H3,(H,12,13). The van der Waals surface area contributed by atoms with Crippen LogP contribution in [-0.2, 0) is 16.3 Å². The van der Waals surface area contributed by atoms with Crippen molar-refractivity contribution in [1.29, 1.82) is 5.26 Å². The molecule has 0 amide bonds. The van der Waals surface area contributed by atoms with Gasteiger partial charge in [-0.2, -0.15) is 5.26 Å². The molecule has 0 bridgehead atoms. The first kappa shape index (κ1) is 10.6. The summed E-state index contributed by atoms with van der Waals surface area (Å²) in [5.74, 6) is 0.480. The van der Waals surface area contributed by atoms with Crippen LogP contribution < -0.4 is 0 Å². The molecular formula is C10H9N3O2S. The molecular weight excluding hydrogens is 226 g/mol. The van der Waals surface area contributed by atoms with Crippen LogP contribution >= 0.6 is 0 Å². The zero-order valence-corrected chi connectivity index (χ0v) is 9.37. The predicted molar refractivity (Wildman–Crippen MR) is 58.5 cm³/mol. The van der Waals surface area contributed by atoms with Crippen LogP contribution in [0.3, 0.4) is 0 Å². The summed E-state index contributed by atoms with van der Waals surface area (Å²) >= 11 is 0. The van der Waals surface area contributed by atoms with Crippen LogP contribution in [0.25, 0.3) is 11.0 Å². The van der Waals surface area contributed by atoms with Crippen LogP contribution in [0.4, 0.5) is 0 Å². The SMILES string of the molecule is CS(=O)(=O)c1cccc2[nH]c(CC#N)nc12. The van der Waals surface area contributed by atoms with E-state index in [4.69, 9.17) is 5.26 Å². The Bertz CT molecular complexity index is 680. The molecule has 0 saturated heterocycles. The molecule has 0 aliphatic carbocycles. The number of hydrogen-bond donors (Lipinski definition) is 1. The molecule has 0 saturated carbocycles. The Morgan fingerprint density at radius 3 is 2.88 bits per heavy atom. The third kappa shape index (κ3) is 1.77. The Balaban J connectivity index is 2.74. The number of nitriles is 1. The van der Waals surface area contributed by atoms with Crippen molar-refractivity contribution in [3.63, 3.8) is 0 Å². The Labute approximate surface area is 92.7 Å². The van der Waals surface area contributed by atoms with E-state index in [1.54, 1.807) is 12.1 Å². The van der Waals surface area contributed by atoms with Gasteiger partial charge in [-0.3, -0.25) is 0 Å². The monoisotopic (exact) mass is 235 g/mol. The van der Waals surface area contributed by atoms with Gasteiger partial charge in [0.1, 0.15) is 11.3 Å². The molecule has 1 heterocycles. The first-order chi connectivity index (χ1) is 7.52. The number of fused-ring (bicyclic) bond motifs is 1. The minimum absolute atomic E-state index is 0.137. The van der Waals surface area contributed by atoms with Crippen LogP contribution in [0.2, 0.25) is 0 Å². The first-order valence-corrected chi connectivity index (χ1v) is 6.46. The summed E-state index contributed by atoms with van der Waals surface area (Å²) in [6.45, 7) is 0. The van der Waals surface area contributed by atoms with Gasteiger partial charge in [0.05, 0.1) is 22.9 Å². The Morgan fingerprint density at radius 1 is 1.50 bits per heavy atom. The first-order valence-electron chi connectivity index (χ1n) is 4.57. The smallest absolute Gasteiger partial charge is 0.177 e. The molecule has 2 aromatic rings. The van der Waals surface area contributed by atoms with Crippen molar-refractivity contribution in [2.24, 2.45) is 0 Å². The van der Waals surface area contributed by atoms with Crippen molar-refractivity contribution in [3.8, 4) is 6.07 Å². The van der Waals surface area contributed by atoms with Gasteiger partial charge >= 0.3 is 0 Å². The number of hydrogen-bond acceptors (Lipinski definition) is 4. The van der Waals surface area contributed by atoms with Gasteiger partial charge in [-0.1, -0.05) is 6.07 Å². The lowest BCUT2D eigenvalue weighted by Crippen LogP contribution is -1.97. The number of sulfone groups is 1. The lowest BCUT2D eigenvalue weighted by molar-refractivity contribution is 0.602.